The largest absolute Gasteiger partial charge is 0.489 e. The van der Waals surface area contributed by atoms with Crippen LogP contribution < -0.4 is 4.74 Å². The molecule has 5 rings (SSSR count). The van der Waals surface area contributed by atoms with Gasteiger partial charge in [0.15, 0.2) is 0 Å². The van der Waals surface area contributed by atoms with Crippen LogP contribution in [0.5, 0.6) is 5.75 Å². The maximum absolute atomic E-state index is 12.9. The molecule has 0 bridgehead atoms. The highest BCUT2D eigenvalue weighted by Crippen LogP contribution is 2.40. The molecule has 0 aromatic heterocycles. The summed E-state index contributed by atoms with van der Waals surface area (Å²) in [7, 11) is 0. The molecule has 3 heteroatoms. The number of cyclic esters (lactones) is 1. The highest BCUT2D eigenvalue weighted by atomic mass is 16.5. The number of ether oxygens (including phenoxy) is 2. The normalized spacial score (nSPS) is 14.4. The second-order valence-corrected chi connectivity index (χ2v) is 7.73. The van der Waals surface area contributed by atoms with Crippen molar-refractivity contribution in [2.45, 2.75) is 6.61 Å². The minimum absolute atomic E-state index is 0.345. The van der Waals surface area contributed by atoms with Crippen molar-refractivity contribution in [1.82, 2.24) is 0 Å². The van der Waals surface area contributed by atoms with Crippen molar-refractivity contribution in [1.29, 1.82) is 0 Å². The second kappa shape index (κ2) is 9.41. The molecule has 1 aliphatic heterocycles. The minimum Gasteiger partial charge on any atom is -0.489 e. The quantitative estimate of drug-likeness (QED) is 0.317. The van der Waals surface area contributed by atoms with E-state index in [0.717, 1.165) is 33.6 Å². The van der Waals surface area contributed by atoms with Gasteiger partial charge in [-0.3, -0.25) is 0 Å². The molecule has 0 radical (unpaired) electrons. The molecule has 160 valence electrons. The van der Waals surface area contributed by atoms with Gasteiger partial charge in [-0.15, -0.1) is 0 Å². The number of benzene rings is 4. The van der Waals surface area contributed by atoms with Crippen LogP contribution in [0.15, 0.2) is 121 Å². The lowest BCUT2D eigenvalue weighted by Crippen LogP contribution is -1.98. The first-order valence-corrected chi connectivity index (χ1v) is 10.8. The van der Waals surface area contributed by atoms with Gasteiger partial charge < -0.3 is 9.47 Å². The van der Waals surface area contributed by atoms with Crippen LogP contribution in [0.25, 0.3) is 17.2 Å². The van der Waals surface area contributed by atoms with Gasteiger partial charge in [0.05, 0.1) is 5.57 Å². The molecule has 4 aromatic carbocycles. The number of hydrogen-bond donors (Lipinski definition) is 0. The number of esters is 1. The summed E-state index contributed by atoms with van der Waals surface area (Å²) < 4.78 is 11.7. The number of rotatable bonds is 6. The molecule has 0 unspecified atom stereocenters. The number of hydrogen-bond acceptors (Lipinski definition) is 3. The van der Waals surface area contributed by atoms with E-state index >= 15 is 0 Å². The molecule has 0 aliphatic carbocycles. The van der Waals surface area contributed by atoms with Gasteiger partial charge in [-0.25, -0.2) is 4.79 Å². The van der Waals surface area contributed by atoms with E-state index in [2.05, 4.69) is 0 Å². The fourth-order valence-electron chi connectivity index (χ4n) is 3.87. The summed E-state index contributed by atoms with van der Waals surface area (Å²) in [5, 5.41) is 0. The van der Waals surface area contributed by atoms with Crippen LogP contribution in [-0.2, 0) is 16.1 Å². The lowest BCUT2D eigenvalue weighted by molar-refractivity contribution is -0.131. The van der Waals surface area contributed by atoms with Crippen molar-refractivity contribution in [2.24, 2.45) is 0 Å². The predicted molar refractivity (Wildman–Crippen MR) is 131 cm³/mol. The highest BCUT2D eigenvalue weighted by Gasteiger charge is 2.31. The van der Waals surface area contributed by atoms with Crippen molar-refractivity contribution in [3.05, 3.63) is 143 Å². The Kier molecular flexibility index (Phi) is 5.85. The topological polar surface area (TPSA) is 35.5 Å². The van der Waals surface area contributed by atoms with Gasteiger partial charge >= 0.3 is 5.97 Å². The smallest absolute Gasteiger partial charge is 0.344 e. The van der Waals surface area contributed by atoms with E-state index in [4.69, 9.17) is 9.47 Å². The molecular formula is C30H22O3. The summed E-state index contributed by atoms with van der Waals surface area (Å²) in [6.45, 7) is 0.489. The van der Waals surface area contributed by atoms with Crippen molar-refractivity contribution >= 4 is 23.2 Å². The van der Waals surface area contributed by atoms with Gasteiger partial charge in [-0.1, -0.05) is 103 Å². The van der Waals surface area contributed by atoms with Gasteiger partial charge in [0.1, 0.15) is 18.1 Å². The number of allylic oxidation sites excluding steroid dienone is 1. The SMILES string of the molecule is O=C1O/C(=C/c2cccc(OCc3ccccc3)c2)C(c2ccccc2)=C1c1ccccc1. The Morgan fingerprint density at radius 3 is 1.94 bits per heavy atom. The van der Waals surface area contributed by atoms with Gasteiger partial charge in [0.2, 0.25) is 0 Å². The Balaban J connectivity index is 1.51. The summed E-state index contributed by atoms with van der Waals surface area (Å²) in [5.74, 6) is 0.944. The van der Waals surface area contributed by atoms with Crippen LogP contribution in [0.3, 0.4) is 0 Å². The van der Waals surface area contributed by atoms with E-state index < -0.39 is 0 Å². The molecule has 4 aromatic rings. The van der Waals surface area contributed by atoms with Crippen molar-refractivity contribution in [3.63, 3.8) is 0 Å². The molecule has 3 nitrogen and oxygen atoms in total. The van der Waals surface area contributed by atoms with Crippen molar-refractivity contribution in [3.8, 4) is 5.75 Å². The molecule has 0 fully saturated rings. The van der Waals surface area contributed by atoms with E-state index in [-0.39, 0.29) is 5.97 Å². The lowest BCUT2D eigenvalue weighted by atomic mass is 9.94. The third-order valence-corrected chi connectivity index (χ3v) is 5.43. The summed E-state index contributed by atoms with van der Waals surface area (Å²) in [4.78, 5) is 12.9. The fourth-order valence-corrected chi connectivity index (χ4v) is 3.87. The standard InChI is InChI=1S/C30H22O3/c31-30-29(25-16-8-3-9-17-25)28(24-14-6-2-7-15-24)27(33-30)20-23-13-10-18-26(19-23)32-21-22-11-4-1-5-12-22/h1-20H,21H2/b27-20+. The zero-order valence-corrected chi connectivity index (χ0v) is 18.0. The first-order valence-electron chi connectivity index (χ1n) is 10.8. The van der Waals surface area contributed by atoms with E-state index in [0.29, 0.717) is 17.9 Å². The van der Waals surface area contributed by atoms with Crippen LogP contribution in [0.2, 0.25) is 0 Å². The first-order chi connectivity index (χ1) is 16.3. The van der Waals surface area contributed by atoms with Crippen LogP contribution in [0, 0.1) is 0 Å². The van der Waals surface area contributed by atoms with Crippen molar-refractivity contribution < 1.29 is 14.3 Å². The first kappa shape index (κ1) is 20.5. The Labute approximate surface area is 193 Å². The van der Waals surface area contributed by atoms with E-state index in [1.165, 1.54) is 0 Å². The van der Waals surface area contributed by atoms with Gasteiger partial charge in [-0.05, 0) is 40.5 Å². The maximum Gasteiger partial charge on any atom is 0.344 e. The highest BCUT2D eigenvalue weighted by molar-refractivity contribution is 6.30. The van der Waals surface area contributed by atoms with Crippen LogP contribution in [0.4, 0.5) is 0 Å². The fraction of sp³-hybridized carbons (Fsp3) is 0.0333. The average molecular weight is 431 g/mol. The van der Waals surface area contributed by atoms with Crippen molar-refractivity contribution in [2.75, 3.05) is 0 Å². The summed E-state index contributed by atoms with van der Waals surface area (Å²) in [6, 6.07) is 37.3. The average Bonchev–Trinajstić information content (AvgIpc) is 3.20. The van der Waals surface area contributed by atoms with Gasteiger partial charge in [0, 0.05) is 5.57 Å². The lowest BCUT2D eigenvalue weighted by Gasteiger charge is -2.08. The third kappa shape index (κ3) is 4.63. The Hall–Kier alpha value is -4.37. The van der Waals surface area contributed by atoms with Crippen LogP contribution >= 0.6 is 0 Å². The zero-order chi connectivity index (χ0) is 22.5. The molecule has 0 atom stereocenters. The Morgan fingerprint density at radius 2 is 1.27 bits per heavy atom. The minimum atomic E-state index is -0.345. The van der Waals surface area contributed by atoms with E-state index in [9.17, 15) is 4.79 Å². The van der Waals surface area contributed by atoms with E-state index in [1.807, 2.05) is 121 Å². The molecule has 1 heterocycles. The molecule has 0 saturated heterocycles. The molecule has 33 heavy (non-hydrogen) atoms. The molecule has 1 aliphatic rings. The van der Waals surface area contributed by atoms with Crippen LogP contribution in [-0.4, -0.2) is 5.97 Å². The van der Waals surface area contributed by atoms with Crippen LogP contribution in [0.1, 0.15) is 22.3 Å². The third-order valence-electron chi connectivity index (χ3n) is 5.43. The molecule has 0 N–H and O–H groups in total. The van der Waals surface area contributed by atoms with Gasteiger partial charge in [0.25, 0.3) is 0 Å². The van der Waals surface area contributed by atoms with E-state index in [1.54, 1.807) is 0 Å². The monoisotopic (exact) mass is 430 g/mol. The zero-order valence-electron chi connectivity index (χ0n) is 18.0. The summed E-state index contributed by atoms with van der Waals surface area (Å²) >= 11 is 0. The summed E-state index contributed by atoms with van der Waals surface area (Å²) in [6.07, 6.45) is 1.89. The number of carbonyl (C=O) groups excluding carboxylic acids is 1. The molecule has 0 spiro atoms. The number of carbonyl (C=O) groups is 1. The van der Waals surface area contributed by atoms with Gasteiger partial charge in [-0.2, -0.15) is 0 Å². The molecule has 0 saturated carbocycles. The molecular weight excluding hydrogens is 408 g/mol. The second-order valence-electron chi connectivity index (χ2n) is 7.73. The Bertz CT molecular complexity index is 1320. The Morgan fingerprint density at radius 1 is 0.667 bits per heavy atom. The maximum atomic E-state index is 12.9. The predicted octanol–water partition coefficient (Wildman–Crippen LogP) is 6.77. The molecule has 0 amide bonds. The summed E-state index contributed by atoms with van der Waals surface area (Å²) in [5.41, 5.74) is 5.14.